The number of Topliss-reactive ketones (excluding diaryl/α,β-unsaturated/α-hetero) is 1. The Balaban J connectivity index is 2.44. The standard InChI is InChI=1S/C18H18N2O6S/c1-5-26-18(23)14-10(3)15(11(4)21)27-17(14)19-16(22)12-7-6-9(2)13(8-12)20(24)25/h6-8H,5H2,1-4H3,(H,19,22). The van der Waals surface area contributed by atoms with Crippen molar-refractivity contribution in [3.05, 3.63) is 55.4 Å². The Kier molecular flexibility index (Phi) is 6.06. The summed E-state index contributed by atoms with van der Waals surface area (Å²) in [6.07, 6.45) is 0. The van der Waals surface area contributed by atoms with Gasteiger partial charge in [-0.25, -0.2) is 4.79 Å². The number of carbonyl (C=O) groups is 3. The maximum absolute atomic E-state index is 12.6. The average molecular weight is 390 g/mol. The number of rotatable bonds is 6. The van der Waals surface area contributed by atoms with Crippen LogP contribution in [0.2, 0.25) is 0 Å². The zero-order chi connectivity index (χ0) is 20.3. The number of esters is 1. The van der Waals surface area contributed by atoms with Crippen molar-refractivity contribution in [1.29, 1.82) is 0 Å². The molecule has 1 aromatic heterocycles. The highest BCUT2D eigenvalue weighted by molar-refractivity contribution is 7.18. The third-order valence-corrected chi connectivity index (χ3v) is 5.15. The third kappa shape index (κ3) is 4.20. The summed E-state index contributed by atoms with van der Waals surface area (Å²) >= 11 is 0.969. The molecule has 1 aromatic carbocycles. The molecule has 1 amide bonds. The van der Waals surface area contributed by atoms with Crippen molar-refractivity contribution in [2.75, 3.05) is 11.9 Å². The molecule has 1 N–H and O–H groups in total. The number of aryl methyl sites for hydroxylation is 1. The van der Waals surface area contributed by atoms with Crippen molar-refractivity contribution in [3.63, 3.8) is 0 Å². The fraction of sp³-hybridized carbons (Fsp3) is 0.278. The SMILES string of the molecule is CCOC(=O)c1c(NC(=O)c2ccc(C)c([N+](=O)[O-])c2)sc(C(C)=O)c1C. The summed E-state index contributed by atoms with van der Waals surface area (Å²) in [4.78, 5) is 47.5. The van der Waals surface area contributed by atoms with E-state index < -0.39 is 16.8 Å². The summed E-state index contributed by atoms with van der Waals surface area (Å²) in [5, 5.41) is 13.8. The van der Waals surface area contributed by atoms with E-state index in [2.05, 4.69) is 5.32 Å². The molecule has 0 unspecified atom stereocenters. The molecular formula is C18H18N2O6S. The van der Waals surface area contributed by atoms with Gasteiger partial charge in [-0.05, 0) is 39.3 Å². The summed E-state index contributed by atoms with van der Waals surface area (Å²) in [7, 11) is 0. The normalized spacial score (nSPS) is 10.4. The second-order valence-corrected chi connectivity index (χ2v) is 6.77. The Bertz CT molecular complexity index is 948. The number of anilines is 1. The number of benzene rings is 1. The van der Waals surface area contributed by atoms with Gasteiger partial charge in [-0.15, -0.1) is 11.3 Å². The van der Waals surface area contributed by atoms with Crippen molar-refractivity contribution in [2.24, 2.45) is 0 Å². The zero-order valence-corrected chi connectivity index (χ0v) is 16.1. The minimum atomic E-state index is -0.649. The van der Waals surface area contributed by atoms with Crippen LogP contribution >= 0.6 is 11.3 Å². The second kappa shape index (κ2) is 8.09. The molecule has 0 aliphatic carbocycles. The van der Waals surface area contributed by atoms with Crippen LogP contribution in [0, 0.1) is 24.0 Å². The van der Waals surface area contributed by atoms with E-state index >= 15 is 0 Å². The van der Waals surface area contributed by atoms with Crippen molar-refractivity contribution in [2.45, 2.75) is 27.7 Å². The van der Waals surface area contributed by atoms with Crippen LogP contribution in [0.25, 0.3) is 0 Å². The Hall–Kier alpha value is -3.07. The number of nitrogens with zero attached hydrogens (tertiary/aromatic N) is 1. The lowest BCUT2D eigenvalue weighted by atomic mass is 10.1. The predicted octanol–water partition coefficient (Wildman–Crippen LogP) is 3.90. The van der Waals surface area contributed by atoms with E-state index in [0.29, 0.717) is 16.0 Å². The zero-order valence-electron chi connectivity index (χ0n) is 15.2. The lowest BCUT2D eigenvalue weighted by molar-refractivity contribution is -0.385. The molecule has 0 atom stereocenters. The number of nitrogens with one attached hydrogen (secondary N) is 1. The molecule has 0 radical (unpaired) electrons. The maximum atomic E-state index is 12.6. The monoisotopic (exact) mass is 390 g/mol. The molecule has 0 bridgehead atoms. The Morgan fingerprint density at radius 2 is 1.93 bits per heavy atom. The molecule has 2 aromatic rings. The molecule has 0 saturated carbocycles. The molecule has 142 valence electrons. The summed E-state index contributed by atoms with van der Waals surface area (Å²) in [5.74, 6) is -1.52. The molecule has 0 aliphatic heterocycles. The number of nitro benzene ring substituents is 1. The van der Waals surface area contributed by atoms with Crippen LogP contribution in [0.3, 0.4) is 0 Å². The number of ketones is 1. The minimum Gasteiger partial charge on any atom is -0.462 e. The molecular weight excluding hydrogens is 372 g/mol. The highest BCUT2D eigenvalue weighted by Gasteiger charge is 2.26. The number of nitro groups is 1. The van der Waals surface area contributed by atoms with Crippen molar-refractivity contribution in [1.82, 2.24) is 0 Å². The van der Waals surface area contributed by atoms with Crippen LogP contribution in [0.5, 0.6) is 0 Å². The summed E-state index contributed by atoms with van der Waals surface area (Å²) in [6.45, 7) is 6.32. The average Bonchev–Trinajstić information content (AvgIpc) is 2.91. The fourth-order valence-electron chi connectivity index (χ4n) is 2.51. The van der Waals surface area contributed by atoms with Crippen LogP contribution in [-0.4, -0.2) is 29.2 Å². The van der Waals surface area contributed by atoms with Gasteiger partial charge in [0.2, 0.25) is 0 Å². The Morgan fingerprint density at radius 3 is 2.48 bits per heavy atom. The van der Waals surface area contributed by atoms with Gasteiger partial charge in [-0.2, -0.15) is 0 Å². The van der Waals surface area contributed by atoms with Crippen LogP contribution in [0.4, 0.5) is 10.7 Å². The number of carbonyl (C=O) groups excluding carboxylic acids is 3. The number of ether oxygens (including phenoxy) is 1. The Morgan fingerprint density at radius 1 is 1.26 bits per heavy atom. The molecule has 8 nitrogen and oxygen atoms in total. The van der Waals surface area contributed by atoms with Crippen molar-refractivity contribution >= 4 is 39.7 Å². The van der Waals surface area contributed by atoms with E-state index in [1.807, 2.05) is 0 Å². The van der Waals surface area contributed by atoms with E-state index in [9.17, 15) is 24.5 Å². The topological polar surface area (TPSA) is 116 Å². The van der Waals surface area contributed by atoms with E-state index in [-0.39, 0.29) is 34.2 Å². The molecule has 0 spiro atoms. The van der Waals surface area contributed by atoms with Crippen molar-refractivity contribution in [3.8, 4) is 0 Å². The van der Waals surface area contributed by atoms with Gasteiger partial charge in [0.25, 0.3) is 11.6 Å². The van der Waals surface area contributed by atoms with Crippen LogP contribution in [0.1, 0.15) is 55.4 Å². The molecule has 9 heteroatoms. The van der Waals surface area contributed by atoms with Crippen LogP contribution < -0.4 is 5.32 Å². The molecule has 2 rings (SSSR count). The Labute approximate surface area is 159 Å². The van der Waals surface area contributed by atoms with Gasteiger partial charge < -0.3 is 10.1 Å². The van der Waals surface area contributed by atoms with Gasteiger partial charge >= 0.3 is 5.97 Å². The highest BCUT2D eigenvalue weighted by atomic mass is 32.1. The maximum Gasteiger partial charge on any atom is 0.341 e. The first-order chi connectivity index (χ1) is 12.7. The highest BCUT2D eigenvalue weighted by Crippen LogP contribution is 2.34. The molecule has 1 heterocycles. The lowest BCUT2D eigenvalue weighted by Gasteiger charge is -2.07. The van der Waals surface area contributed by atoms with Crippen molar-refractivity contribution < 1.29 is 24.0 Å². The van der Waals surface area contributed by atoms with Gasteiger partial charge in [-0.3, -0.25) is 19.7 Å². The van der Waals surface area contributed by atoms with E-state index in [4.69, 9.17) is 4.74 Å². The second-order valence-electron chi connectivity index (χ2n) is 5.75. The number of thiophene rings is 1. The van der Waals surface area contributed by atoms with Crippen LogP contribution in [-0.2, 0) is 4.74 Å². The van der Waals surface area contributed by atoms with Gasteiger partial charge in [-0.1, -0.05) is 6.07 Å². The molecule has 0 aliphatic rings. The summed E-state index contributed by atoms with van der Waals surface area (Å²) in [6, 6.07) is 4.09. The first-order valence-corrected chi connectivity index (χ1v) is 8.86. The van der Waals surface area contributed by atoms with E-state index in [1.54, 1.807) is 20.8 Å². The smallest absolute Gasteiger partial charge is 0.341 e. The number of hydrogen-bond acceptors (Lipinski definition) is 7. The largest absolute Gasteiger partial charge is 0.462 e. The number of hydrogen-bond donors (Lipinski definition) is 1. The van der Waals surface area contributed by atoms with Crippen LogP contribution in [0.15, 0.2) is 18.2 Å². The van der Waals surface area contributed by atoms with Gasteiger partial charge in [0, 0.05) is 17.2 Å². The molecule has 0 saturated heterocycles. The molecule has 27 heavy (non-hydrogen) atoms. The summed E-state index contributed by atoms with van der Waals surface area (Å²) in [5.41, 5.74) is 0.852. The fourth-order valence-corrected chi connectivity index (χ4v) is 3.59. The number of amides is 1. The van der Waals surface area contributed by atoms with E-state index in [1.165, 1.54) is 25.1 Å². The minimum absolute atomic E-state index is 0.0672. The van der Waals surface area contributed by atoms with E-state index in [0.717, 1.165) is 11.3 Å². The van der Waals surface area contributed by atoms with Gasteiger partial charge in [0.1, 0.15) is 5.00 Å². The van der Waals surface area contributed by atoms with Gasteiger partial charge in [0.05, 0.1) is 22.0 Å². The molecule has 0 fully saturated rings. The first-order valence-electron chi connectivity index (χ1n) is 8.05. The first kappa shape index (κ1) is 20.2. The lowest BCUT2D eigenvalue weighted by Crippen LogP contribution is -2.15. The summed E-state index contributed by atoms with van der Waals surface area (Å²) < 4.78 is 5.01. The third-order valence-electron chi connectivity index (χ3n) is 3.84. The van der Waals surface area contributed by atoms with Gasteiger partial charge in [0.15, 0.2) is 5.78 Å². The quantitative estimate of drug-likeness (QED) is 0.346. The predicted molar refractivity (Wildman–Crippen MR) is 101 cm³/mol.